The van der Waals surface area contributed by atoms with Crippen LogP contribution in [0.5, 0.6) is 0 Å². The molecule has 2 fully saturated rings. The van der Waals surface area contributed by atoms with Gasteiger partial charge in [-0.25, -0.2) is 0 Å². The highest BCUT2D eigenvalue weighted by atomic mass is 16.6. The van der Waals surface area contributed by atoms with Crippen molar-refractivity contribution in [3.63, 3.8) is 0 Å². The molecule has 0 radical (unpaired) electrons. The van der Waals surface area contributed by atoms with Crippen molar-refractivity contribution in [2.75, 3.05) is 0 Å². The lowest BCUT2D eigenvalue weighted by atomic mass is 9.78. The van der Waals surface area contributed by atoms with E-state index < -0.39 is 0 Å². The normalized spacial score (nSPS) is 47.1. The number of hydrogen-bond donors (Lipinski definition) is 0. The Labute approximate surface area is 74.8 Å². The lowest BCUT2D eigenvalue weighted by Gasteiger charge is -2.26. The van der Waals surface area contributed by atoms with Crippen molar-refractivity contribution < 1.29 is 4.74 Å². The molecule has 12 heavy (non-hydrogen) atoms. The fraction of sp³-hybridized carbons (Fsp3) is 0.818. The van der Waals surface area contributed by atoms with E-state index in [-0.39, 0.29) is 0 Å². The molecular weight excluding hydrogens is 148 g/mol. The Hall–Kier alpha value is -0.300. The maximum atomic E-state index is 5.59. The van der Waals surface area contributed by atoms with Crippen LogP contribution in [0.25, 0.3) is 0 Å². The molecule has 1 nitrogen and oxygen atoms in total. The molecular formula is C11H18O. The molecule has 3 atom stereocenters. The first-order valence-electron chi connectivity index (χ1n) is 5.03. The third kappa shape index (κ3) is 1.56. The van der Waals surface area contributed by atoms with Gasteiger partial charge in [0.05, 0.1) is 12.2 Å². The van der Waals surface area contributed by atoms with E-state index in [0.29, 0.717) is 17.6 Å². The Morgan fingerprint density at radius 1 is 1.42 bits per heavy atom. The van der Waals surface area contributed by atoms with Crippen LogP contribution in [0.3, 0.4) is 0 Å². The van der Waals surface area contributed by atoms with E-state index in [2.05, 4.69) is 19.6 Å². The molecule has 1 aliphatic heterocycles. The monoisotopic (exact) mass is 166 g/mol. The lowest BCUT2D eigenvalue weighted by Crippen LogP contribution is -2.18. The van der Waals surface area contributed by atoms with Gasteiger partial charge in [0.2, 0.25) is 0 Å². The molecule has 2 aliphatic rings. The second-order valence-corrected chi connectivity index (χ2v) is 4.52. The van der Waals surface area contributed by atoms with Gasteiger partial charge in [-0.1, -0.05) is 25.8 Å². The van der Waals surface area contributed by atoms with E-state index in [9.17, 15) is 0 Å². The molecule has 1 aliphatic carbocycles. The number of hydrogen-bond acceptors (Lipinski definition) is 1. The Balaban J connectivity index is 2.00. The van der Waals surface area contributed by atoms with Crippen LogP contribution in [0.4, 0.5) is 0 Å². The lowest BCUT2D eigenvalue weighted by molar-refractivity contribution is 0.292. The number of fused-ring (bicyclic) bond motifs is 1. The van der Waals surface area contributed by atoms with Gasteiger partial charge in [0.25, 0.3) is 0 Å². The molecule has 0 bridgehead atoms. The second-order valence-electron chi connectivity index (χ2n) is 4.52. The third-order valence-electron chi connectivity index (χ3n) is 3.33. The average Bonchev–Trinajstić information content (AvgIpc) is 2.73. The second kappa shape index (κ2) is 2.88. The van der Waals surface area contributed by atoms with Gasteiger partial charge < -0.3 is 4.74 Å². The Kier molecular flexibility index (Phi) is 1.99. The minimum Gasteiger partial charge on any atom is -0.370 e. The SMILES string of the molecule is C=CC1(C)CCCCC2OC2C1. The zero-order valence-corrected chi connectivity index (χ0v) is 7.88. The highest BCUT2D eigenvalue weighted by molar-refractivity contribution is 4.99. The summed E-state index contributed by atoms with van der Waals surface area (Å²) in [4.78, 5) is 0. The molecule has 1 saturated carbocycles. The summed E-state index contributed by atoms with van der Waals surface area (Å²) in [7, 11) is 0. The first kappa shape index (κ1) is 8.31. The molecule has 1 heteroatoms. The Morgan fingerprint density at radius 3 is 3.00 bits per heavy atom. The van der Waals surface area contributed by atoms with Crippen LogP contribution >= 0.6 is 0 Å². The molecule has 0 spiro atoms. The standard InChI is InChI=1S/C11H18O/c1-3-11(2)7-5-4-6-9-10(8-11)12-9/h3,9-10H,1,4-8H2,2H3. The van der Waals surface area contributed by atoms with Crippen LogP contribution in [0.1, 0.15) is 39.0 Å². The van der Waals surface area contributed by atoms with Gasteiger partial charge in [0.1, 0.15) is 0 Å². The van der Waals surface area contributed by atoms with Gasteiger partial charge in [0.15, 0.2) is 0 Å². The van der Waals surface area contributed by atoms with Crippen molar-refractivity contribution in [3.8, 4) is 0 Å². The van der Waals surface area contributed by atoms with E-state index in [0.717, 1.165) is 0 Å². The highest BCUT2D eigenvalue weighted by Crippen LogP contribution is 2.42. The van der Waals surface area contributed by atoms with Crippen LogP contribution in [0.2, 0.25) is 0 Å². The predicted octanol–water partition coefficient (Wildman–Crippen LogP) is 2.91. The van der Waals surface area contributed by atoms with Gasteiger partial charge in [-0.05, 0) is 24.7 Å². The quantitative estimate of drug-likeness (QED) is 0.431. The zero-order chi connectivity index (χ0) is 8.60. The molecule has 2 rings (SSSR count). The van der Waals surface area contributed by atoms with Gasteiger partial charge in [-0.3, -0.25) is 0 Å². The summed E-state index contributed by atoms with van der Waals surface area (Å²) in [5.41, 5.74) is 0.347. The smallest absolute Gasteiger partial charge is 0.0850 e. The van der Waals surface area contributed by atoms with Crippen molar-refractivity contribution in [3.05, 3.63) is 12.7 Å². The van der Waals surface area contributed by atoms with Crippen LogP contribution in [0.15, 0.2) is 12.7 Å². The third-order valence-corrected chi connectivity index (χ3v) is 3.33. The van der Waals surface area contributed by atoms with Crippen LogP contribution in [0, 0.1) is 5.41 Å². The van der Waals surface area contributed by atoms with Gasteiger partial charge in [0, 0.05) is 0 Å². The first-order chi connectivity index (χ1) is 5.73. The maximum absolute atomic E-state index is 5.59. The minimum atomic E-state index is 0.347. The summed E-state index contributed by atoms with van der Waals surface area (Å²) in [6.45, 7) is 6.24. The Bertz CT molecular complexity index is 187. The molecule has 0 aromatic rings. The number of rotatable bonds is 1. The van der Waals surface area contributed by atoms with Crippen molar-refractivity contribution in [1.29, 1.82) is 0 Å². The molecule has 0 aromatic heterocycles. The highest BCUT2D eigenvalue weighted by Gasteiger charge is 2.43. The summed E-state index contributed by atoms with van der Waals surface area (Å²) in [5, 5.41) is 0. The molecule has 0 amide bonds. The molecule has 68 valence electrons. The fourth-order valence-corrected chi connectivity index (χ4v) is 2.23. The van der Waals surface area contributed by atoms with E-state index in [4.69, 9.17) is 4.74 Å². The molecule has 0 aromatic carbocycles. The van der Waals surface area contributed by atoms with Crippen molar-refractivity contribution >= 4 is 0 Å². The van der Waals surface area contributed by atoms with E-state index >= 15 is 0 Å². The summed E-state index contributed by atoms with van der Waals surface area (Å²) in [6, 6.07) is 0. The van der Waals surface area contributed by atoms with Crippen molar-refractivity contribution in [1.82, 2.24) is 0 Å². The number of epoxide rings is 1. The van der Waals surface area contributed by atoms with Crippen molar-refractivity contribution in [2.24, 2.45) is 5.41 Å². The first-order valence-corrected chi connectivity index (χ1v) is 5.03. The molecule has 1 heterocycles. The summed E-state index contributed by atoms with van der Waals surface area (Å²) < 4.78 is 5.59. The molecule has 1 saturated heterocycles. The fourth-order valence-electron chi connectivity index (χ4n) is 2.23. The van der Waals surface area contributed by atoms with Crippen LogP contribution < -0.4 is 0 Å². The van der Waals surface area contributed by atoms with Crippen molar-refractivity contribution in [2.45, 2.75) is 51.2 Å². The van der Waals surface area contributed by atoms with E-state index in [1.54, 1.807) is 0 Å². The topological polar surface area (TPSA) is 12.5 Å². The van der Waals surface area contributed by atoms with E-state index in [1.165, 1.54) is 32.1 Å². The van der Waals surface area contributed by atoms with Gasteiger partial charge >= 0.3 is 0 Å². The number of ether oxygens (including phenoxy) is 1. The predicted molar refractivity (Wildman–Crippen MR) is 50.1 cm³/mol. The molecule has 3 unspecified atom stereocenters. The van der Waals surface area contributed by atoms with Crippen LogP contribution in [-0.2, 0) is 4.74 Å². The van der Waals surface area contributed by atoms with Crippen LogP contribution in [-0.4, -0.2) is 12.2 Å². The summed E-state index contributed by atoms with van der Waals surface area (Å²) in [5.74, 6) is 0. The average molecular weight is 166 g/mol. The number of allylic oxidation sites excluding steroid dienone is 1. The minimum absolute atomic E-state index is 0.347. The largest absolute Gasteiger partial charge is 0.370 e. The zero-order valence-electron chi connectivity index (χ0n) is 7.88. The summed E-state index contributed by atoms with van der Waals surface area (Å²) >= 11 is 0. The van der Waals surface area contributed by atoms with Gasteiger partial charge in [-0.15, -0.1) is 6.58 Å². The maximum Gasteiger partial charge on any atom is 0.0850 e. The molecule has 0 N–H and O–H groups in total. The van der Waals surface area contributed by atoms with E-state index in [1.807, 2.05) is 0 Å². The Morgan fingerprint density at radius 2 is 2.25 bits per heavy atom. The van der Waals surface area contributed by atoms with Gasteiger partial charge in [-0.2, -0.15) is 0 Å². The summed E-state index contributed by atoms with van der Waals surface area (Å²) in [6.07, 6.45) is 9.75.